The number of H-pyrrole nitrogens is 1. The Morgan fingerprint density at radius 2 is 2.16 bits per heavy atom. The fraction of sp³-hybridized carbons (Fsp3) is 0.389. The summed E-state index contributed by atoms with van der Waals surface area (Å²) in [6.07, 6.45) is 3.51. The second-order valence-corrected chi connectivity index (χ2v) is 6.24. The van der Waals surface area contributed by atoms with E-state index in [1.54, 1.807) is 12.3 Å². The van der Waals surface area contributed by atoms with Gasteiger partial charge in [0, 0.05) is 48.8 Å². The van der Waals surface area contributed by atoms with Gasteiger partial charge in [-0.05, 0) is 31.5 Å². The molecule has 1 aliphatic rings. The van der Waals surface area contributed by atoms with E-state index >= 15 is 0 Å². The van der Waals surface area contributed by atoms with Crippen LogP contribution in [0.3, 0.4) is 0 Å². The Hall–Kier alpha value is -2.41. The predicted molar refractivity (Wildman–Crippen MR) is 91.9 cm³/mol. The van der Waals surface area contributed by atoms with E-state index in [4.69, 9.17) is 4.74 Å². The van der Waals surface area contributed by atoms with Crippen molar-refractivity contribution in [2.24, 2.45) is 0 Å². The molecule has 1 aromatic carbocycles. The van der Waals surface area contributed by atoms with Crippen molar-refractivity contribution < 1.29 is 13.5 Å². The monoisotopic (exact) mass is 349 g/mol. The van der Waals surface area contributed by atoms with Gasteiger partial charge in [0.05, 0.1) is 7.11 Å². The summed E-state index contributed by atoms with van der Waals surface area (Å²) in [7, 11) is 1.46. The molecular weight excluding hydrogens is 328 g/mol. The number of pyridine rings is 1. The molecule has 0 saturated carbocycles. The minimum Gasteiger partial charge on any atom is -0.491 e. The number of rotatable bonds is 5. The fourth-order valence-corrected chi connectivity index (χ4v) is 3.13. The minimum atomic E-state index is -0.853. The average molecular weight is 349 g/mol. The molecule has 2 heterocycles. The third-order valence-electron chi connectivity index (χ3n) is 4.35. The van der Waals surface area contributed by atoms with E-state index in [9.17, 15) is 13.6 Å². The topological polar surface area (TPSA) is 57.4 Å². The lowest BCUT2D eigenvalue weighted by atomic mass is 10.0. The van der Waals surface area contributed by atoms with Crippen LogP contribution >= 0.6 is 0 Å². The van der Waals surface area contributed by atoms with Crippen LogP contribution in [0.2, 0.25) is 0 Å². The Morgan fingerprint density at radius 1 is 1.32 bits per heavy atom. The van der Waals surface area contributed by atoms with Crippen molar-refractivity contribution in [2.75, 3.05) is 25.5 Å². The van der Waals surface area contributed by atoms with Crippen LogP contribution in [0.4, 0.5) is 14.5 Å². The number of likely N-dealkylation sites (tertiary alicyclic amines) is 1. The number of benzene rings is 1. The average Bonchev–Trinajstić information content (AvgIpc) is 2.59. The highest BCUT2D eigenvalue weighted by molar-refractivity contribution is 5.44. The first-order valence-corrected chi connectivity index (χ1v) is 8.24. The van der Waals surface area contributed by atoms with E-state index in [0.717, 1.165) is 37.7 Å². The Bertz CT molecular complexity index is 794. The summed E-state index contributed by atoms with van der Waals surface area (Å²) in [6.45, 7) is 2.30. The summed E-state index contributed by atoms with van der Waals surface area (Å²) in [5, 5.41) is 3.25. The molecule has 3 rings (SSSR count). The molecule has 0 bridgehead atoms. The molecule has 0 aliphatic carbocycles. The number of halogens is 2. The summed E-state index contributed by atoms with van der Waals surface area (Å²) in [5.41, 5.74) is 1.24. The van der Waals surface area contributed by atoms with Crippen LogP contribution in [0.15, 0.2) is 35.3 Å². The lowest BCUT2D eigenvalue weighted by Gasteiger charge is -2.33. The molecule has 0 radical (unpaired) electrons. The SMILES string of the molecule is COc1c[nH]c(CN2CCC[C@@H](Nc3ccc(F)c(F)c3)C2)cc1=O. The first-order chi connectivity index (χ1) is 12.0. The number of hydrogen-bond acceptors (Lipinski definition) is 4. The van der Waals surface area contributed by atoms with Crippen molar-refractivity contribution in [1.82, 2.24) is 9.88 Å². The van der Waals surface area contributed by atoms with Crippen LogP contribution in [0.5, 0.6) is 5.75 Å². The largest absolute Gasteiger partial charge is 0.491 e. The standard InChI is InChI=1S/C18H21F2N3O2/c1-25-18-9-21-14(8-17(18)24)11-23-6-2-3-13(10-23)22-12-4-5-15(19)16(20)7-12/h4-5,7-9,13,22H,2-3,6,10-11H2,1H3,(H,21,24)/t13-/m1/s1. The molecule has 1 atom stereocenters. The quantitative estimate of drug-likeness (QED) is 0.872. The number of hydrogen-bond donors (Lipinski definition) is 2. The zero-order valence-corrected chi connectivity index (χ0v) is 14.0. The zero-order valence-electron chi connectivity index (χ0n) is 14.0. The predicted octanol–water partition coefficient (Wildman–Crippen LogP) is 2.74. The van der Waals surface area contributed by atoms with Crippen LogP contribution in [-0.4, -0.2) is 36.1 Å². The van der Waals surface area contributed by atoms with Crippen LogP contribution in [0.1, 0.15) is 18.5 Å². The van der Waals surface area contributed by atoms with E-state index in [2.05, 4.69) is 15.2 Å². The van der Waals surface area contributed by atoms with Gasteiger partial charge in [0.25, 0.3) is 0 Å². The van der Waals surface area contributed by atoms with Crippen LogP contribution in [-0.2, 0) is 6.54 Å². The smallest absolute Gasteiger partial charge is 0.223 e. The molecule has 0 spiro atoms. The number of methoxy groups -OCH3 is 1. The van der Waals surface area contributed by atoms with E-state index in [1.807, 2.05) is 0 Å². The van der Waals surface area contributed by atoms with Crippen molar-refractivity contribution in [2.45, 2.75) is 25.4 Å². The second kappa shape index (κ2) is 7.65. The molecule has 1 saturated heterocycles. The summed E-state index contributed by atoms with van der Waals surface area (Å²) in [4.78, 5) is 17.1. The summed E-state index contributed by atoms with van der Waals surface area (Å²) in [5.74, 6) is -1.41. The summed E-state index contributed by atoms with van der Waals surface area (Å²) in [6, 6.07) is 5.53. The molecule has 2 aromatic rings. The molecule has 7 heteroatoms. The molecule has 134 valence electrons. The summed E-state index contributed by atoms with van der Waals surface area (Å²) >= 11 is 0. The molecule has 2 N–H and O–H groups in total. The number of nitrogens with one attached hydrogen (secondary N) is 2. The van der Waals surface area contributed by atoms with Gasteiger partial charge in [0.1, 0.15) is 0 Å². The lowest BCUT2D eigenvalue weighted by Crippen LogP contribution is -2.41. The highest BCUT2D eigenvalue weighted by atomic mass is 19.2. The van der Waals surface area contributed by atoms with Crippen molar-refractivity contribution in [3.05, 3.63) is 58.0 Å². The first kappa shape index (κ1) is 17.4. The third-order valence-corrected chi connectivity index (χ3v) is 4.35. The van der Waals surface area contributed by atoms with E-state index < -0.39 is 11.6 Å². The second-order valence-electron chi connectivity index (χ2n) is 6.24. The van der Waals surface area contributed by atoms with E-state index in [0.29, 0.717) is 18.0 Å². The lowest BCUT2D eigenvalue weighted by molar-refractivity contribution is 0.206. The number of ether oxygens (including phenoxy) is 1. The van der Waals surface area contributed by atoms with Crippen molar-refractivity contribution in [3.63, 3.8) is 0 Å². The number of anilines is 1. The van der Waals surface area contributed by atoms with Gasteiger partial charge in [-0.2, -0.15) is 0 Å². The Labute approximate surface area is 144 Å². The molecule has 1 aliphatic heterocycles. The van der Waals surface area contributed by atoms with E-state index in [-0.39, 0.29) is 11.5 Å². The van der Waals surface area contributed by atoms with Crippen molar-refractivity contribution in [1.29, 1.82) is 0 Å². The van der Waals surface area contributed by atoms with Gasteiger partial charge in [-0.15, -0.1) is 0 Å². The van der Waals surface area contributed by atoms with Crippen molar-refractivity contribution >= 4 is 5.69 Å². The molecule has 25 heavy (non-hydrogen) atoms. The molecule has 1 aromatic heterocycles. The van der Waals surface area contributed by atoms with Gasteiger partial charge < -0.3 is 15.0 Å². The molecular formula is C18H21F2N3O2. The third kappa shape index (κ3) is 4.36. The Kier molecular flexibility index (Phi) is 5.33. The van der Waals surface area contributed by atoms with Gasteiger partial charge in [-0.1, -0.05) is 0 Å². The molecule has 1 fully saturated rings. The van der Waals surface area contributed by atoms with E-state index in [1.165, 1.54) is 19.2 Å². The molecule has 0 unspecified atom stereocenters. The fourth-order valence-electron chi connectivity index (χ4n) is 3.13. The highest BCUT2D eigenvalue weighted by Gasteiger charge is 2.20. The van der Waals surface area contributed by atoms with Crippen LogP contribution < -0.4 is 15.5 Å². The Morgan fingerprint density at radius 3 is 2.88 bits per heavy atom. The van der Waals surface area contributed by atoms with Crippen LogP contribution in [0, 0.1) is 11.6 Å². The maximum atomic E-state index is 13.3. The van der Waals surface area contributed by atoms with Gasteiger partial charge in [-0.3, -0.25) is 9.69 Å². The minimum absolute atomic E-state index is 0.142. The van der Waals surface area contributed by atoms with Gasteiger partial charge in [0.15, 0.2) is 17.4 Å². The van der Waals surface area contributed by atoms with Crippen molar-refractivity contribution in [3.8, 4) is 5.75 Å². The first-order valence-electron chi connectivity index (χ1n) is 8.24. The number of piperidine rings is 1. The Balaban J connectivity index is 1.61. The molecule has 0 amide bonds. The number of aromatic nitrogens is 1. The summed E-state index contributed by atoms with van der Waals surface area (Å²) < 4.78 is 31.3. The number of aromatic amines is 1. The number of nitrogens with zero attached hydrogens (tertiary/aromatic N) is 1. The van der Waals surface area contributed by atoms with Gasteiger partial charge in [-0.25, -0.2) is 8.78 Å². The maximum absolute atomic E-state index is 13.3. The maximum Gasteiger partial charge on any atom is 0.223 e. The van der Waals surface area contributed by atoms with Gasteiger partial charge >= 0.3 is 0 Å². The van der Waals surface area contributed by atoms with Gasteiger partial charge in [0.2, 0.25) is 5.43 Å². The van der Waals surface area contributed by atoms with Crippen LogP contribution in [0.25, 0.3) is 0 Å². The highest BCUT2D eigenvalue weighted by Crippen LogP contribution is 2.19. The zero-order chi connectivity index (χ0) is 17.8. The molecule has 5 nitrogen and oxygen atoms in total. The normalized spacial score (nSPS) is 18.1.